The van der Waals surface area contributed by atoms with Gasteiger partial charge < -0.3 is 10.1 Å². The lowest BCUT2D eigenvalue weighted by atomic mass is 10.0. The van der Waals surface area contributed by atoms with Crippen LogP contribution in [0, 0.1) is 13.8 Å². The Hall–Kier alpha value is -2.73. The van der Waals surface area contributed by atoms with E-state index >= 15 is 0 Å². The molecule has 0 saturated carbocycles. The summed E-state index contributed by atoms with van der Waals surface area (Å²) < 4.78 is 6.60. The van der Waals surface area contributed by atoms with Crippen molar-refractivity contribution < 1.29 is 9.53 Å². The number of hydrogen-bond donors (Lipinski definition) is 1. The molecule has 25 heavy (non-hydrogen) atoms. The molecule has 2 heterocycles. The van der Waals surface area contributed by atoms with Gasteiger partial charge in [0.15, 0.2) is 5.65 Å². The van der Waals surface area contributed by atoms with Gasteiger partial charge in [0.25, 0.3) is 0 Å². The summed E-state index contributed by atoms with van der Waals surface area (Å²) in [5, 5.41) is 8.32. The minimum atomic E-state index is -0.107. The van der Waals surface area contributed by atoms with Crippen molar-refractivity contribution in [1.82, 2.24) is 20.1 Å². The number of aromatic nitrogens is 3. The van der Waals surface area contributed by atoms with E-state index < -0.39 is 0 Å². The predicted octanol–water partition coefficient (Wildman–Crippen LogP) is 2.48. The molecule has 1 amide bonds. The van der Waals surface area contributed by atoms with Crippen molar-refractivity contribution >= 4 is 16.9 Å². The topological polar surface area (TPSA) is 69.0 Å². The number of methoxy groups -OCH3 is 1. The van der Waals surface area contributed by atoms with E-state index in [2.05, 4.69) is 40.5 Å². The van der Waals surface area contributed by atoms with Crippen LogP contribution in [0.1, 0.15) is 11.3 Å². The Morgan fingerprint density at radius 2 is 2.12 bits per heavy atom. The minimum Gasteiger partial charge on any atom is -0.383 e. The lowest BCUT2D eigenvalue weighted by Crippen LogP contribution is -2.30. The van der Waals surface area contributed by atoms with Crippen LogP contribution in [0.25, 0.3) is 22.2 Å². The predicted molar refractivity (Wildman–Crippen MR) is 97.3 cm³/mol. The zero-order valence-electron chi connectivity index (χ0n) is 14.7. The molecule has 3 aromatic rings. The largest absolute Gasteiger partial charge is 0.383 e. The van der Waals surface area contributed by atoms with Crippen molar-refractivity contribution in [2.75, 3.05) is 20.3 Å². The Labute approximate surface area is 146 Å². The van der Waals surface area contributed by atoms with E-state index in [9.17, 15) is 4.79 Å². The van der Waals surface area contributed by atoms with Crippen molar-refractivity contribution in [2.24, 2.45) is 0 Å². The van der Waals surface area contributed by atoms with Gasteiger partial charge in [0.1, 0.15) is 6.54 Å². The van der Waals surface area contributed by atoms with Gasteiger partial charge in [0, 0.05) is 25.2 Å². The van der Waals surface area contributed by atoms with Gasteiger partial charge in [-0.15, -0.1) is 0 Å². The number of aryl methyl sites for hydroxylation is 2. The van der Waals surface area contributed by atoms with Crippen molar-refractivity contribution in [3.63, 3.8) is 0 Å². The SMILES string of the molecule is COCCNC(=O)Cn1nc(C)c2c(-c3cccc(C)c3)ccnc21. The van der Waals surface area contributed by atoms with E-state index in [-0.39, 0.29) is 12.5 Å². The van der Waals surface area contributed by atoms with Crippen LogP contribution in [0.3, 0.4) is 0 Å². The Bertz CT molecular complexity index is 902. The van der Waals surface area contributed by atoms with Crippen LogP contribution in [0.5, 0.6) is 0 Å². The molecule has 0 saturated heterocycles. The lowest BCUT2D eigenvalue weighted by Gasteiger charge is -2.07. The first-order valence-corrected chi connectivity index (χ1v) is 8.25. The molecular weight excluding hydrogens is 316 g/mol. The van der Waals surface area contributed by atoms with E-state index in [1.165, 1.54) is 5.56 Å². The third-order valence-electron chi connectivity index (χ3n) is 4.06. The summed E-state index contributed by atoms with van der Waals surface area (Å²) in [5.41, 5.74) is 4.99. The highest BCUT2D eigenvalue weighted by Gasteiger charge is 2.15. The third-order valence-corrected chi connectivity index (χ3v) is 4.06. The fraction of sp³-hybridized carbons (Fsp3) is 0.316. The van der Waals surface area contributed by atoms with Crippen molar-refractivity contribution in [1.29, 1.82) is 0 Å². The fourth-order valence-electron chi connectivity index (χ4n) is 2.93. The quantitative estimate of drug-likeness (QED) is 0.701. The maximum Gasteiger partial charge on any atom is 0.241 e. The molecule has 1 aromatic carbocycles. The summed E-state index contributed by atoms with van der Waals surface area (Å²) in [7, 11) is 1.60. The number of benzene rings is 1. The number of nitrogens with zero attached hydrogens (tertiary/aromatic N) is 3. The second-order valence-electron chi connectivity index (χ2n) is 6.01. The number of ether oxygens (including phenoxy) is 1. The maximum absolute atomic E-state index is 12.1. The second kappa shape index (κ2) is 7.44. The van der Waals surface area contributed by atoms with Gasteiger partial charge in [-0.1, -0.05) is 29.8 Å². The van der Waals surface area contributed by atoms with E-state index in [4.69, 9.17) is 4.74 Å². The number of nitrogens with one attached hydrogen (secondary N) is 1. The Morgan fingerprint density at radius 1 is 1.28 bits per heavy atom. The molecule has 0 atom stereocenters. The van der Waals surface area contributed by atoms with E-state index in [0.717, 1.165) is 27.9 Å². The Kier molecular flexibility index (Phi) is 5.09. The smallest absolute Gasteiger partial charge is 0.241 e. The Morgan fingerprint density at radius 3 is 2.88 bits per heavy atom. The number of amides is 1. The number of rotatable bonds is 6. The Balaban J connectivity index is 1.96. The molecule has 0 bridgehead atoms. The van der Waals surface area contributed by atoms with E-state index in [1.54, 1.807) is 18.0 Å². The number of hydrogen-bond acceptors (Lipinski definition) is 4. The molecule has 0 fully saturated rings. The first-order chi connectivity index (χ1) is 12.1. The molecule has 0 aliphatic carbocycles. The van der Waals surface area contributed by atoms with Crippen molar-refractivity contribution in [3.8, 4) is 11.1 Å². The summed E-state index contributed by atoms with van der Waals surface area (Å²) in [6.45, 7) is 5.12. The number of pyridine rings is 1. The minimum absolute atomic E-state index is 0.107. The van der Waals surface area contributed by atoms with Crippen LogP contribution in [-0.4, -0.2) is 40.9 Å². The molecule has 6 nitrogen and oxygen atoms in total. The van der Waals surface area contributed by atoms with Crippen LogP contribution in [0.15, 0.2) is 36.5 Å². The number of carbonyl (C=O) groups is 1. The van der Waals surface area contributed by atoms with Gasteiger partial charge in [-0.05, 0) is 31.0 Å². The van der Waals surface area contributed by atoms with Gasteiger partial charge in [0.2, 0.25) is 5.91 Å². The molecule has 0 aliphatic rings. The van der Waals surface area contributed by atoms with Crippen LogP contribution >= 0.6 is 0 Å². The molecule has 3 rings (SSSR count). The molecule has 6 heteroatoms. The second-order valence-corrected chi connectivity index (χ2v) is 6.01. The summed E-state index contributed by atoms with van der Waals surface area (Å²) in [5.74, 6) is -0.107. The molecule has 0 radical (unpaired) electrons. The zero-order valence-corrected chi connectivity index (χ0v) is 14.7. The summed E-state index contributed by atoms with van der Waals surface area (Å²) >= 11 is 0. The molecule has 2 aromatic heterocycles. The van der Waals surface area contributed by atoms with Gasteiger partial charge in [0.05, 0.1) is 12.3 Å². The fourth-order valence-corrected chi connectivity index (χ4v) is 2.93. The van der Waals surface area contributed by atoms with Crippen LogP contribution in [-0.2, 0) is 16.1 Å². The molecule has 0 aliphatic heterocycles. The zero-order chi connectivity index (χ0) is 17.8. The average Bonchev–Trinajstić information content (AvgIpc) is 2.91. The van der Waals surface area contributed by atoms with Gasteiger partial charge in [-0.25, -0.2) is 9.67 Å². The molecule has 0 unspecified atom stereocenters. The highest BCUT2D eigenvalue weighted by Crippen LogP contribution is 2.30. The molecular formula is C19H22N4O2. The van der Waals surface area contributed by atoms with E-state index in [1.807, 2.05) is 19.1 Å². The number of carbonyl (C=O) groups excluding carboxylic acids is 1. The van der Waals surface area contributed by atoms with Gasteiger partial charge in [-0.2, -0.15) is 5.10 Å². The molecule has 0 spiro atoms. The summed E-state index contributed by atoms with van der Waals surface area (Å²) in [4.78, 5) is 16.5. The maximum atomic E-state index is 12.1. The molecule has 1 N–H and O–H groups in total. The summed E-state index contributed by atoms with van der Waals surface area (Å²) in [6, 6.07) is 10.3. The van der Waals surface area contributed by atoms with Gasteiger partial charge >= 0.3 is 0 Å². The highest BCUT2D eigenvalue weighted by molar-refractivity contribution is 5.95. The van der Waals surface area contributed by atoms with Crippen LogP contribution < -0.4 is 5.32 Å². The monoisotopic (exact) mass is 338 g/mol. The first kappa shape index (κ1) is 17.1. The standard InChI is InChI=1S/C19H22N4O2/c1-13-5-4-6-15(11-13)16-7-8-21-19-18(16)14(2)22-23(19)12-17(24)20-9-10-25-3/h4-8,11H,9-10,12H2,1-3H3,(H,20,24). The normalized spacial score (nSPS) is 11.0. The third kappa shape index (κ3) is 3.69. The van der Waals surface area contributed by atoms with Gasteiger partial charge in [-0.3, -0.25) is 4.79 Å². The molecule has 130 valence electrons. The van der Waals surface area contributed by atoms with Crippen LogP contribution in [0.4, 0.5) is 0 Å². The number of fused-ring (bicyclic) bond motifs is 1. The van der Waals surface area contributed by atoms with Crippen molar-refractivity contribution in [3.05, 3.63) is 47.8 Å². The summed E-state index contributed by atoms with van der Waals surface area (Å²) in [6.07, 6.45) is 1.76. The lowest BCUT2D eigenvalue weighted by molar-refractivity contribution is -0.121. The van der Waals surface area contributed by atoms with Crippen LogP contribution in [0.2, 0.25) is 0 Å². The highest BCUT2D eigenvalue weighted by atomic mass is 16.5. The van der Waals surface area contributed by atoms with Crippen molar-refractivity contribution in [2.45, 2.75) is 20.4 Å². The average molecular weight is 338 g/mol. The van der Waals surface area contributed by atoms with E-state index in [0.29, 0.717) is 13.2 Å². The first-order valence-electron chi connectivity index (χ1n) is 8.25.